The molecule has 2 aromatic rings. The molecule has 0 bridgehead atoms. The Morgan fingerprint density at radius 3 is 2.56 bits per heavy atom. The van der Waals surface area contributed by atoms with Gasteiger partial charge in [0.05, 0.1) is 19.3 Å². The van der Waals surface area contributed by atoms with Crippen molar-refractivity contribution in [1.82, 2.24) is 20.3 Å². The number of rotatable bonds is 5. The van der Waals surface area contributed by atoms with E-state index in [2.05, 4.69) is 15.4 Å². The first-order valence-electron chi connectivity index (χ1n) is 8.44. The predicted octanol–water partition coefficient (Wildman–Crippen LogP) is 2.02. The molecule has 3 rings (SSSR count). The van der Waals surface area contributed by atoms with Gasteiger partial charge < -0.3 is 19.5 Å². The first-order chi connectivity index (χ1) is 12.1. The van der Waals surface area contributed by atoms with Crippen LogP contribution in [0.2, 0.25) is 0 Å². The minimum atomic E-state index is -0.0222. The molecule has 1 aromatic heterocycles. The Bertz CT molecular complexity index is 691. The molecular formula is C18H24N4O3. The number of carbonyl (C=O) groups is 1. The number of hydrogen-bond acceptors (Lipinski definition) is 5. The predicted molar refractivity (Wildman–Crippen MR) is 93.3 cm³/mol. The second-order valence-electron chi connectivity index (χ2n) is 6.20. The van der Waals surface area contributed by atoms with Gasteiger partial charge in [0.15, 0.2) is 5.76 Å². The number of aryl methyl sites for hydroxylation is 1. The normalized spacial score (nSPS) is 15.2. The van der Waals surface area contributed by atoms with E-state index in [-0.39, 0.29) is 6.03 Å². The highest BCUT2D eigenvalue weighted by molar-refractivity contribution is 5.74. The van der Waals surface area contributed by atoms with Gasteiger partial charge in [-0.05, 0) is 24.6 Å². The molecule has 1 N–H and O–H groups in total. The highest BCUT2D eigenvalue weighted by Gasteiger charge is 2.21. The number of hydrogen-bond donors (Lipinski definition) is 1. The van der Waals surface area contributed by atoms with E-state index in [4.69, 9.17) is 9.26 Å². The van der Waals surface area contributed by atoms with Gasteiger partial charge in [-0.1, -0.05) is 17.3 Å². The third kappa shape index (κ3) is 4.73. The Kier molecular flexibility index (Phi) is 5.55. The van der Waals surface area contributed by atoms with Gasteiger partial charge in [0.25, 0.3) is 0 Å². The second-order valence-corrected chi connectivity index (χ2v) is 6.20. The minimum Gasteiger partial charge on any atom is -0.497 e. The lowest BCUT2D eigenvalue weighted by Gasteiger charge is -2.34. The van der Waals surface area contributed by atoms with Crippen LogP contribution >= 0.6 is 0 Å². The number of carbonyl (C=O) groups excluding carboxylic acids is 1. The Balaban J connectivity index is 1.41. The maximum absolute atomic E-state index is 12.3. The summed E-state index contributed by atoms with van der Waals surface area (Å²) in [7, 11) is 1.64. The van der Waals surface area contributed by atoms with Crippen molar-refractivity contribution in [2.45, 2.75) is 20.0 Å². The molecule has 0 atom stereocenters. The van der Waals surface area contributed by atoms with Crippen molar-refractivity contribution in [1.29, 1.82) is 0 Å². The van der Waals surface area contributed by atoms with Crippen molar-refractivity contribution in [2.24, 2.45) is 0 Å². The summed E-state index contributed by atoms with van der Waals surface area (Å²) in [6.45, 7) is 6.25. The Labute approximate surface area is 147 Å². The van der Waals surface area contributed by atoms with Crippen molar-refractivity contribution in [3.63, 3.8) is 0 Å². The lowest BCUT2D eigenvalue weighted by Crippen LogP contribution is -2.51. The Hall–Kier alpha value is -2.54. The molecule has 0 unspecified atom stereocenters. The Morgan fingerprint density at radius 2 is 1.96 bits per heavy atom. The van der Waals surface area contributed by atoms with Gasteiger partial charge in [-0.2, -0.15) is 0 Å². The summed E-state index contributed by atoms with van der Waals surface area (Å²) >= 11 is 0. The largest absolute Gasteiger partial charge is 0.497 e. The number of benzene rings is 1. The van der Waals surface area contributed by atoms with E-state index in [1.165, 1.54) is 0 Å². The maximum atomic E-state index is 12.3. The van der Waals surface area contributed by atoms with Crippen molar-refractivity contribution in [3.05, 3.63) is 47.3 Å². The van der Waals surface area contributed by atoms with E-state index in [0.717, 1.165) is 42.4 Å². The molecule has 7 heteroatoms. The number of urea groups is 1. The molecule has 1 fully saturated rings. The van der Waals surface area contributed by atoms with Gasteiger partial charge in [-0.15, -0.1) is 0 Å². The molecule has 1 aliphatic rings. The van der Waals surface area contributed by atoms with Gasteiger partial charge in [0.1, 0.15) is 5.75 Å². The number of piperazine rings is 1. The second kappa shape index (κ2) is 8.02. The van der Waals surface area contributed by atoms with Gasteiger partial charge >= 0.3 is 6.03 Å². The van der Waals surface area contributed by atoms with Crippen LogP contribution in [0.5, 0.6) is 5.75 Å². The molecule has 0 aliphatic carbocycles. The SMILES string of the molecule is COc1ccc(CNC(=O)N2CCN(Cc3cc(C)no3)CC2)cc1. The molecule has 0 saturated carbocycles. The molecule has 1 saturated heterocycles. The average Bonchev–Trinajstić information content (AvgIpc) is 3.05. The third-order valence-electron chi connectivity index (χ3n) is 4.32. The zero-order valence-corrected chi connectivity index (χ0v) is 14.7. The number of aromatic nitrogens is 1. The van der Waals surface area contributed by atoms with Gasteiger partial charge in [-0.3, -0.25) is 4.90 Å². The van der Waals surface area contributed by atoms with Crippen LogP contribution in [0.1, 0.15) is 17.0 Å². The highest BCUT2D eigenvalue weighted by Crippen LogP contribution is 2.12. The van der Waals surface area contributed by atoms with Crippen LogP contribution in [0.3, 0.4) is 0 Å². The fourth-order valence-electron chi connectivity index (χ4n) is 2.85. The molecule has 1 aromatic carbocycles. The van der Waals surface area contributed by atoms with Crippen LogP contribution in [0, 0.1) is 6.92 Å². The van der Waals surface area contributed by atoms with Crippen LogP contribution in [0.4, 0.5) is 4.79 Å². The maximum Gasteiger partial charge on any atom is 0.317 e. The zero-order chi connectivity index (χ0) is 17.6. The van der Waals surface area contributed by atoms with Gasteiger partial charge in [0, 0.05) is 38.8 Å². The summed E-state index contributed by atoms with van der Waals surface area (Å²) in [4.78, 5) is 16.4. The average molecular weight is 344 g/mol. The summed E-state index contributed by atoms with van der Waals surface area (Å²) in [5, 5.41) is 6.88. The summed E-state index contributed by atoms with van der Waals surface area (Å²) in [6.07, 6.45) is 0. The quantitative estimate of drug-likeness (QED) is 0.898. The number of amides is 2. The monoisotopic (exact) mass is 344 g/mol. The van der Waals surface area contributed by atoms with Crippen LogP contribution in [-0.2, 0) is 13.1 Å². The summed E-state index contributed by atoms with van der Waals surface area (Å²) in [5.41, 5.74) is 1.94. The fraction of sp³-hybridized carbons (Fsp3) is 0.444. The molecular weight excluding hydrogens is 320 g/mol. The number of methoxy groups -OCH3 is 1. The van der Waals surface area contributed by atoms with E-state index >= 15 is 0 Å². The molecule has 134 valence electrons. The number of ether oxygens (including phenoxy) is 1. The van der Waals surface area contributed by atoms with Crippen LogP contribution in [0.15, 0.2) is 34.9 Å². The van der Waals surface area contributed by atoms with E-state index < -0.39 is 0 Å². The first kappa shape index (κ1) is 17.3. The molecule has 7 nitrogen and oxygen atoms in total. The third-order valence-corrected chi connectivity index (χ3v) is 4.32. The molecule has 2 heterocycles. The van der Waals surface area contributed by atoms with Crippen molar-refractivity contribution >= 4 is 6.03 Å². The van der Waals surface area contributed by atoms with Gasteiger partial charge in [-0.25, -0.2) is 4.79 Å². The summed E-state index contributed by atoms with van der Waals surface area (Å²) in [6, 6.07) is 9.63. The van der Waals surface area contributed by atoms with Crippen molar-refractivity contribution in [2.75, 3.05) is 33.3 Å². The minimum absolute atomic E-state index is 0.0222. The molecule has 0 radical (unpaired) electrons. The lowest BCUT2D eigenvalue weighted by molar-refractivity contribution is 0.128. The zero-order valence-electron chi connectivity index (χ0n) is 14.7. The van der Waals surface area contributed by atoms with E-state index in [0.29, 0.717) is 19.6 Å². The van der Waals surface area contributed by atoms with Crippen molar-refractivity contribution < 1.29 is 14.1 Å². The van der Waals surface area contributed by atoms with Crippen molar-refractivity contribution in [3.8, 4) is 5.75 Å². The number of nitrogens with zero attached hydrogens (tertiary/aromatic N) is 3. The smallest absolute Gasteiger partial charge is 0.317 e. The van der Waals surface area contributed by atoms with E-state index in [1.54, 1.807) is 7.11 Å². The molecule has 2 amide bonds. The summed E-state index contributed by atoms with van der Waals surface area (Å²) < 4.78 is 10.4. The van der Waals surface area contributed by atoms with Gasteiger partial charge in [0.2, 0.25) is 0 Å². The Morgan fingerprint density at radius 1 is 1.24 bits per heavy atom. The first-order valence-corrected chi connectivity index (χ1v) is 8.44. The molecule has 25 heavy (non-hydrogen) atoms. The molecule has 0 spiro atoms. The van der Waals surface area contributed by atoms with Crippen LogP contribution in [-0.4, -0.2) is 54.3 Å². The highest BCUT2D eigenvalue weighted by atomic mass is 16.5. The summed E-state index contributed by atoms with van der Waals surface area (Å²) in [5.74, 6) is 1.68. The van der Waals surface area contributed by atoms with E-state index in [9.17, 15) is 4.79 Å². The molecule has 1 aliphatic heterocycles. The van der Waals surface area contributed by atoms with E-state index in [1.807, 2.05) is 42.2 Å². The number of nitrogens with one attached hydrogen (secondary N) is 1. The van der Waals surface area contributed by atoms with Crippen LogP contribution < -0.4 is 10.1 Å². The van der Waals surface area contributed by atoms with Crippen LogP contribution in [0.25, 0.3) is 0 Å². The lowest BCUT2D eigenvalue weighted by atomic mass is 10.2. The topological polar surface area (TPSA) is 70.8 Å². The standard InChI is InChI=1S/C18H24N4O3/c1-14-11-17(25-20-14)13-21-7-9-22(10-8-21)18(23)19-12-15-3-5-16(24-2)6-4-15/h3-6,11H,7-10,12-13H2,1-2H3,(H,19,23). The fourth-order valence-corrected chi connectivity index (χ4v) is 2.85.